The standard InChI is InChI=1S/C32H23F3N6O2/c1-20-18-41(19-38-20)24-15-22(32(33,34)35)14-23(16-24)39-31(42)28-6-4-5-21-13-25(8-9-27(21)28)43-26-10-12-37-30(17-26)40-29-7-2-3-11-36-29/h2-19H,1H3,(H,39,42)(H,36,37,40). The minimum Gasteiger partial charge on any atom is -0.493 e. The van der Waals surface area contributed by atoms with Gasteiger partial charge in [-0.15, -0.1) is 0 Å². The molecular formula is C32H23F3N6O2. The van der Waals surface area contributed by atoms with Gasteiger partial charge < -0.3 is 19.7 Å². The Labute approximate surface area is 243 Å². The number of nitrogens with zero attached hydrogens (tertiary/aromatic N) is 5. The molecule has 214 valence electrons. The second kappa shape index (κ2) is 11.3. The van der Waals surface area contributed by atoms with Gasteiger partial charge in [-0.05, 0) is 78.4 Å². The summed E-state index contributed by atoms with van der Waals surface area (Å²) in [5.74, 6) is 1.85. The zero-order valence-corrected chi connectivity index (χ0v) is 22.6. The lowest BCUT2D eigenvalue weighted by Crippen LogP contribution is -2.06. The summed E-state index contributed by atoms with van der Waals surface area (Å²) in [6, 6.07) is 22.8. The minimum atomic E-state index is -4.61. The number of nitrogens with one attached hydrogen (secondary N) is 1. The average Bonchev–Trinajstić information content (AvgIpc) is 3.43. The molecule has 2 N–H and O–H groups in total. The van der Waals surface area contributed by atoms with Crippen LogP contribution < -0.4 is 10.1 Å². The Morgan fingerprint density at radius 2 is 1.70 bits per heavy atom. The molecule has 6 rings (SSSR count). The molecule has 0 aliphatic rings. The molecule has 0 aliphatic carbocycles. The topological polar surface area (TPSA) is 97.5 Å². The average molecular weight is 581 g/mol. The maximum absolute atomic E-state index is 13.7. The van der Waals surface area contributed by atoms with Gasteiger partial charge in [-0.25, -0.2) is 19.9 Å². The molecule has 0 saturated heterocycles. The molecule has 43 heavy (non-hydrogen) atoms. The Kier molecular flexibility index (Phi) is 7.21. The molecule has 0 spiro atoms. The zero-order chi connectivity index (χ0) is 30.0. The van der Waals surface area contributed by atoms with Gasteiger partial charge in [0.05, 0.1) is 23.3 Å². The predicted octanol–water partition coefficient (Wildman–Crippen LogP) is 8.31. The third-order valence-corrected chi connectivity index (χ3v) is 6.46. The quantitative estimate of drug-likeness (QED) is 0.146. The van der Waals surface area contributed by atoms with Crippen LogP contribution in [0.4, 0.5) is 30.5 Å². The summed E-state index contributed by atoms with van der Waals surface area (Å²) in [6.07, 6.45) is 1.71. The van der Waals surface area contributed by atoms with Crippen LogP contribution in [-0.4, -0.2) is 30.5 Å². The van der Waals surface area contributed by atoms with Crippen LogP contribution in [0.2, 0.25) is 0 Å². The summed E-state index contributed by atoms with van der Waals surface area (Å²) in [7, 11) is 0. The molecule has 0 aliphatic heterocycles. The lowest BCUT2D eigenvalue weighted by Gasteiger charge is -2.12. The number of imidazole rings is 1. The number of ether oxygens (including phenoxy) is 1. The van der Waals surface area contributed by atoms with E-state index in [-0.39, 0.29) is 11.4 Å². The van der Waals surface area contributed by atoms with Crippen molar-refractivity contribution < 1.29 is 23.0 Å². The van der Waals surface area contributed by atoms with Crippen molar-refractivity contribution in [3.8, 4) is 17.2 Å². The van der Waals surface area contributed by atoms with E-state index in [1.807, 2.05) is 24.3 Å². The Hall–Kier alpha value is -5.71. The Bertz CT molecular complexity index is 1950. The highest BCUT2D eigenvalue weighted by Gasteiger charge is 2.31. The van der Waals surface area contributed by atoms with Gasteiger partial charge in [0.2, 0.25) is 5.90 Å². The minimum absolute atomic E-state index is 0.0570. The number of aryl methyl sites for hydroxylation is 1. The Morgan fingerprint density at radius 3 is 2.47 bits per heavy atom. The summed E-state index contributed by atoms with van der Waals surface area (Å²) in [6.45, 7) is 1.74. The maximum atomic E-state index is 13.7. The zero-order valence-electron chi connectivity index (χ0n) is 22.6. The summed E-state index contributed by atoms with van der Waals surface area (Å²) >= 11 is 0. The molecule has 0 amide bonds. The molecule has 6 aromatic rings. The van der Waals surface area contributed by atoms with Crippen molar-refractivity contribution in [1.29, 1.82) is 0 Å². The second-order valence-corrected chi connectivity index (χ2v) is 9.60. The molecule has 3 heterocycles. The number of halogens is 3. The number of benzene rings is 3. The van der Waals surface area contributed by atoms with Crippen LogP contribution in [0.3, 0.4) is 0 Å². The molecule has 0 fully saturated rings. The van der Waals surface area contributed by atoms with Gasteiger partial charge in [0.25, 0.3) is 0 Å². The van der Waals surface area contributed by atoms with Crippen molar-refractivity contribution in [2.45, 2.75) is 13.1 Å². The number of alkyl halides is 3. The van der Waals surface area contributed by atoms with Crippen molar-refractivity contribution in [3.05, 3.63) is 127 Å². The monoisotopic (exact) mass is 580 g/mol. The van der Waals surface area contributed by atoms with Gasteiger partial charge in [-0.2, -0.15) is 13.2 Å². The fraction of sp³-hybridized carbons (Fsp3) is 0.0625. The highest BCUT2D eigenvalue weighted by Crippen LogP contribution is 2.35. The molecule has 0 saturated carbocycles. The number of hydrogen-bond donors (Lipinski definition) is 2. The lowest BCUT2D eigenvalue weighted by atomic mass is 10.0. The third kappa shape index (κ3) is 6.30. The second-order valence-electron chi connectivity index (χ2n) is 9.60. The van der Waals surface area contributed by atoms with Crippen molar-refractivity contribution in [3.63, 3.8) is 0 Å². The van der Waals surface area contributed by atoms with E-state index in [1.165, 1.54) is 17.0 Å². The molecule has 0 unspecified atom stereocenters. The van der Waals surface area contributed by atoms with E-state index in [1.54, 1.807) is 68.0 Å². The van der Waals surface area contributed by atoms with Crippen molar-refractivity contribution in [2.75, 3.05) is 5.32 Å². The summed E-state index contributed by atoms with van der Waals surface area (Å²) in [4.78, 5) is 16.8. The maximum Gasteiger partial charge on any atom is 0.416 e. The SMILES string of the molecule is Cc1cn(-c2cc(N=C(O)c3cccc4cc(Oc5ccnc(Nc6ccccn6)c5)ccc34)cc(C(F)(F)F)c2)cn1. The molecule has 8 nitrogen and oxygen atoms in total. The van der Waals surface area contributed by atoms with Crippen molar-refractivity contribution in [2.24, 2.45) is 4.99 Å². The Balaban J connectivity index is 1.29. The van der Waals surface area contributed by atoms with E-state index in [0.29, 0.717) is 39.8 Å². The van der Waals surface area contributed by atoms with Crippen LogP contribution in [-0.2, 0) is 6.18 Å². The van der Waals surface area contributed by atoms with E-state index in [0.717, 1.165) is 17.5 Å². The van der Waals surface area contributed by atoms with Gasteiger partial charge in [-0.3, -0.25) is 0 Å². The first-order chi connectivity index (χ1) is 20.7. The van der Waals surface area contributed by atoms with Gasteiger partial charge >= 0.3 is 6.18 Å². The lowest BCUT2D eigenvalue weighted by molar-refractivity contribution is -0.137. The number of hydrogen-bond acceptors (Lipinski definition) is 6. The number of fused-ring (bicyclic) bond motifs is 1. The van der Waals surface area contributed by atoms with Crippen molar-refractivity contribution in [1.82, 2.24) is 19.5 Å². The van der Waals surface area contributed by atoms with E-state index in [4.69, 9.17) is 4.74 Å². The Morgan fingerprint density at radius 1 is 0.860 bits per heavy atom. The number of pyridine rings is 2. The fourth-order valence-electron chi connectivity index (χ4n) is 4.48. The van der Waals surface area contributed by atoms with Crippen LogP contribution in [0.5, 0.6) is 11.5 Å². The number of aliphatic hydroxyl groups excluding tert-OH is 1. The van der Waals surface area contributed by atoms with E-state index < -0.39 is 17.6 Å². The number of aromatic nitrogens is 4. The van der Waals surface area contributed by atoms with Crippen LogP contribution in [0.15, 0.2) is 115 Å². The number of anilines is 2. The molecule has 0 bridgehead atoms. The van der Waals surface area contributed by atoms with Crippen molar-refractivity contribution >= 4 is 34.0 Å². The highest BCUT2D eigenvalue weighted by molar-refractivity contribution is 6.07. The first kappa shape index (κ1) is 27.5. The van der Waals surface area contributed by atoms with Crippen LogP contribution in [0, 0.1) is 6.92 Å². The highest BCUT2D eigenvalue weighted by atomic mass is 19.4. The first-order valence-corrected chi connectivity index (χ1v) is 13.1. The first-order valence-electron chi connectivity index (χ1n) is 13.1. The summed E-state index contributed by atoms with van der Waals surface area (Å²) in [5.41, 5.74) is 0.272. The van der Waals surface area contributed by atoms with E-state index >= 15 is 0 Å². The third-order valence-electron chi connectivity index (χ3n) is 6.46. The molecule has 0 radical (unpaired) electrons. The molecule has 11 heteroatoms. The van der Waals surface area contributed by atoms with Gasteiger partial charge in [0.1, 0.15) is 23.1 Å². The van der Waals surface area contributed by atoms with Crippen LogP contribution in [0.1, 0.15) is 16.8 Å². The normalized spacial score (nSPS) is 12.0. The largest absolute Gasteiger partial charge is 0.493 e. The smallest absolute Gasteiger partial charge is 0.416 e. The number of aliphatic imine (C=N–C) groups is 1. The molecule has 3 aromatic carbocycles. The van der Waals surface area contributed by atoms with Gasteiger partial charge in [0.15, 0.2) is 0 Å². The van der Waals surface area contributed by atoms with Gasteiger partial charge in [0, 0.05) is 35.9 Å². The van der Waals surface area contributed by atoms with E-state index in [9.17, 15) is 18.3 Å². The summed E-state index contributed by atoms with van der Waals surface area (Å²) < 4.78 is 48.6. The number of aliphatic hydroxyl groups is 1. The molecule has 0 atom stereocenters. The molecular weight excluding hydrogens is 557 g/mol. The molecule has 3 aromatic heterocycles. The van der Waals surface area contributed by atoms with E-state index in [2.05, 4.69) is 25.3 Å². The van der Waals surface area contributed by atoms with Gasteiger partial charge in [-0.1, -0.05) is 18.2 Å². The fourth-order valence-corrected chi connectivity index (χ4v) is 4.48. The number of rotatable bonds is 7. The van der Waals surface area contributed by atoms with Crippen LogP contribution >= 0.6 is 0 Å². The van der Waals surface area contributed by atoms with Crippen LogP contribution in [0.25, 0.3) is 16.5 Å². The summed E-state index contributed by atoms with van der Waals surface area (Å²) in [5, 5.41) is 15.5. The predicted molar refractivity (Wildman–Crippen MR) is 158 cm³/mol.